The van der Waals surface area contributed by atoms with E-state index in [9.17, 15) is 4.79 Å². The fourth-order valence-corrected chi connectivity index (χ4v) is 2.63. The summed E-state index contributed by atoms with van der Waals surface area (Å²) in [5.41, 5.74) is 0.976. The van der Waals surface area contributed by atoms with Crippen molar-refractivity contribution < 1.29 is 4.79 Å². The van der Waals surface area contributed by atoms with E-state index in [2.05, 4.69) is 29.4 Å². The van der Waals surface area contributed by atoms with Gasteiger partial charge in [0.25, 0.3) is 0 Å². The Morgan fingerprint density at radius 3 is 2.95 bits per heavy atom. The second kappa shape index (κ2) is 6.34. The maximum Gasteiger partial charge on any atom is 0.231 e. The molecule has 6 nitrogen and oxygen atoms in total. The summed E-state index contributed by atoms with van der Waals surface area (Å²) in [5, 5.41) is 11.6. The lowest BCUT2D eigenvalue weighted by molar-refractivity contribution is -0.115. The zero-order valence-electron chi connectivity index (χ0n) is 13.2. The summed E-state index contributed by atoms with van der Waals surface area (Å²) in [4.78, 5) is 12.2. The van der Waals surface area contributed by atoms with Crippen LogP contribution in [0.25, 0.3) is 0 Å². The first-order chi connectivity index (χ1) is 10.7. The normalized spacial score (nSPS) is 16.3. The summed E-state index contributed by atoms with van der Waals surface area (Å²) in [5.74, 6) is 0.565. The summed E-state index contributed by atoms with van der Waals surface area (Å²) >= 11 is 0. The Kier molecular flexibility index (Phi) is 4.27. The Hall–Kier alpha value is -2.11. The molecule has 3 rings (SSSR count). The van der Waals surface area contributed by atoms with Crippen LogP contribution in [0.3, 0.4) is 0 Å². The van der Waals surface area contributed by atoms with Crippen LogP contribution in [0.5, 0.6) is 0 Å². The molecule has 1 atom stereocenters. The van der Waals surface area contributed by atoms with Gasteiger partial charge in [0.05, 0.1) is 12.5 Å². The van der Waals surface area contributed by atoms with Gasteiger partial charge >= 0.3 is 0 Å². The molecular formula is C16H23N5O. The highest BCUT2D eigenvalue weighted by Crippen LogP contribution is 2.31. The van der Waals surface area contributed by atoms with Gasteiger partial charge < -0.3 is 5.32 Å². The van der Waals surface area contributed by atoms with Gasteiger partial charge in [-0.1, -0.05) is 6.92 Å². The van der Waals surface area contributed by atoms with Crippen LogP contribution in [0.1, 0.15) is 57.3 Å². The predicted molar refractivity (Wildman–Crippen MR) is 84.7 cm³/mol. The lowest BCUT2D eigenvalue weighted by Gasteiger charge is -2.27. The second-order valence-corrected chi connectivity index (χ2v) is 6.02. The summed E-state index contributed by atoms with van der Waals surface area (Å²) in [6, 6.07) is 4.58. The van der Waals surface area contributed by atoms with Crippen molar-refractivity contribution in [2.45, 2.75) is 58.0 Å². The average Bonchev–Trinajstić information content (AvgIpc) is 3.06. The standard InChI is InChI=1S/C16H23N5O/c1-3-12(2)20-10-8-15(19-20)18-16(22)11-14-7-9-17-21(14)13-5-4-6-13/h7-10,12-13H,3-6,11H2,1-2H3,(H,18,19,22). The molecule has 1 N–H and O–H groups in total. The van der Waals surface area contributed by atoms with Gasteiger partial charge in [-0.05, 0) is 38.7 Å². The lowest BCUT2D eigenvalue weighted by atomic mass is 9.93. The molecule has 1 aliphatic rings. The van der Waals surface area contributed by atoms with E-state index in [0.717, 1.165) is 25.0 Å². The Bertz CT molecular complexity index is 641. The van der Waals surface area contributed by atoms with Crippen molar-refractivity contribution in [3.05, 3.63) is 30.2 Å². The monoisotopic (exact) mass is 301 g/mol. The lowest BCUT2D eigenvalue weighted by Crippen LogP contribution is -2.23. The highest BCUT2D eigenvalue weighted by atomic mass is 16.1. The van der Waals surface area contributed by atoms with E-state index in [1.165, 1.54) is 6.42 Å². The number of amides is 1. The van der Waals surface area contributed by atoms with E-state index < -0.39 is 0 Å². The molecule has 0 saturated heterocycles. The van der Waals surface area contributed by atoms with Crippen LogP contribution >= 0.6 is 0 Å². The van der Waals surface area contributed by atoms with Gasteiger partial charge in [0.1, 0.15) is 0 Å². The third-order valence-corrected chi connectivity index (χ3v) is 4.43. The summed E-state index contributed by atoms with van der Waals surface area (Å²) in [7, 11) is 0. The van der Waals surface area contributed by atoms with Gasteiger partial charge in [-0.15, -0.1) is 0 Å². The van der Waals surface area contributed by atoms with Gasteiger partial charge in [-0.25, -0.2) is 0 Å². The minimum atomic E-state index is -0.0459. The van der Waals surface area contributed by atoms with Crippen molar-refractivity contribution in [3.63, 3.8) is 0 Å². The third kappa shape index (κ3) is 3.05. The Morgan fingerprint density at radius 1 is 1.45 bits per heavy atom. The molecule has 0 radical (unpaired) electrons. The number of hydrogen-bond donors (Lipinski definition) is 1. The molecule has 0 aromatic carbocycles. The zero-order chi connectivity index (χ0) is 15.5. The SMILES string of the molecule is CCC(C)n1ccc(NC(=O)Cc2ccnn2C2CCC2)n1. The number of rotatable bonds is 6. The zero-order valence-corrected chi connectivity index (χ0v) is 13.2. The molecule has 1 amide bonds. The van der Waals surface area contributed by atoms with Crippen molar-refractivity contribution in [1.82, 2.24) is 19.6 Å². The van der Waals surface area contributed by atoms with Crippen molar-refractivity contribution in [3.8, 4) is 0 Å². The predicted octanol–water partition coefficient (Wildman–Crippen LogP) is 2.96. The van der Waals surface area contributed by atoms with Crippen molar-refractivity contribution in [1.29, 1.82) is 0 Å². The highest BCUT2D eigenvalue weighted by Gasteiger charge is 2.22. The molecule has 22 heavy (non-hydrogen) atoms. The number of nitrogens with zero attached hydrogens (tertiary/aromatic N) is 4. The first-order valence-electron chi connectivity index (χ1n) is 8.04. The average molecular weight is 301 g/mol. The van der Waals surface area contributed by atoms with Crippen molar-refractivity contribution >= 4 is 11.7 Å². The number of carbonyl (C=O) groups excluding carboxylic acids is 1. The van der Waals surface area contributed by atoms with Crippen LogP contribution in [0.2, 0.25) is 0 Å². The van der Waals surface area contributed by atoms with Gasteiger partial charge in [-0.2, -0.15) is 10.2 Å². The summed E-state index contributed by atoms with van der Waals surface area (Å²) < 4.78 is 3.88. The minimum absolute atomic E-state index is 0.0459. The van der Waals surface area contributed by atoms with E-state index in [4.69, 9.17) is 0 Å². The Morgan fingerprint density at radius 2 is 2.27 bits per heavy atom. The molecule has 1 unspecified atom stereocenters. The molecule has 118 valence electrons. The van der Waals surface area contributed by atoms with Crippen molar-refractivity contribution in [2.24, 2.45) is 0 Å². The molecule has 6 heteroatoms. The molecule has 1 fully saturated rings. The van der Waals surface area contributed by atoms with E-state index in [1.807, 2.05) is 27.7 Å². The number of aromatic nitrogens is 4. The Labute approximate surface area is 130 Å². The Balaban J connectivity index is 1.60. The van der Waals surface area contributed by atoms with Crippen LogP contribution in [-0.2, 0) is 11.2 Å². The highest BCUT2D eigenvalue weighted by molar-refractivity contribution is 5.91. The largest absolute Gasteiger partial charge is 0.309 e. The van der Waals surface area contributed by atoms with Crippen LogP contribution < -0.4 is 5.32 Å². The summed E-state index contributed by atoms with van der Waals surface area (Å²) in [6.45, 7) is 4.22. The fraction of sp³-hybridized carbons (Fsp3) is 0.562. The van der Waals surface area contributed by atoms with Crippen LogP contribution in [-0.4, -0.2) is 25.5 Å². The third-order valence-electron chi connectivity index (χ3n) is 4.43. The van der Waals surface area contributed by atoms with Gasteiger partial charge in [0.15, 0.2) is 5.82 Å². The fourth-order valence-electron chi connectivity index (χ4n) is 2.63. The summed E-state index contributed by atoms with van der Waals surface area (Å²) in [6.07, 6.45) is 8.61. The first kappa shape index (κ1) is 14.8. The molecule has 2 heterocycles. The molecule has 0 bridgehead atoms. The molecule has 0 aliphatic heterocycles. The maximum absolute atomic E-state index is 12.2. The molecule has 0 spiro atoms. The smallest absolute Gasteiger partial charge is 0.231 e. The van der Waals surface area contributed by atoms with E-state index in [1.54, 1.807) is 6.20 Å². The second-order valence-electron chi connectivity index (χ2n) is 6.02. The minimum Gasteiger partial charge on any atom is -0.309 e. The molecule has 2 aromatic heterocycles. The molecule has 2 aromatic rings. The molecule has 1 saturated carbocycles. The van der Waals surface area contributed by atoms with Crippen LogP contribution in [0, 0.1) is 0 Å². The topological polar surface area (TPSA) is 64.7 Å². The number of hydrogen-bond acceptors (Lipinski definition) is 3. The van der Waals surface area contributed by atoms with Crippen LogP contribution in [0.15, 0.2) is 24.5 Å². The van der Waals surface area contributed by atoms with E-state index in [0.29, 0.717) is 24.3 Å². The van der Waals surface area contributed by atoms with Gasteiger partial charge in [0.2, 0.25) is 5.91 Å². The van der Waals surface area contributed by atoms with E-state index in [-0.39, 0.29) is 5.91 Å². The molecular weight excluding hydrogens is 278 g/mol. The van der Waals surface area contributed by atoms with Crippen molar-refractivity contribution in [2.75, 3.05) is 5.32 Å². The maximum atomic E-state index is 12.2. The van der Waals surface area contributed by atoms with Gasteiger partial charge in [-0.3, -0.25) is 14.2 Å². The quantitative estimate of drug-likeness (QED) is 0.892. The molecule has 1 aliphatic carbocycles. The van der Waals surface area contributed by atoms with Gasteiger partial charge in [0, 0.05) is 30.2 Å². The first-order valence-corrected chi connectivity index (χ1v) is 8.04. The number of carbonyl (C=O) groups is 1. The number of nitrogens with one attached hydrogen (secondary N) is 1. The van der Waals surface area contributed by atoms with E-state index >= 15 is 0 Å². The van der Waals surface area contributed by atoms with Crippen LogP contribution in [0.4, 0.5) is 5.82 Å². The number of anilines is 1.